The number of nitrogens with one attached hydrogen (secondary N) is 2. The first-order valence-corrected chi connectivity index (χ1v) is 6.28. The van der Waals surface area contributed by atoms with Crippen molar-refractivity contribution >= 4 is 33.3 Å². The van der Waals surface area contributed by atoms with Gasteiger partial charge < -0.3 is 10.6 Å². The van der Waals surface area contributed by atoms with Gasteiger partial charge in [-0.05, 0) is 28.1 Å². The van der Waals surface area contributed by atoms with Crippen molar-refractivity contribution in [2.24, 2.45) is 0 Å². The van der Waals surface area contributed by atoms with Crippen molar-refractivity contribution < 1.29 is 4.79 Å². The third kappa shape index (κ3) is 3.50. The highest BCUT2D eigenvalue weighted by atomic mass is 79.9. The van der Waals surface area contributed by atoms with Gasteiger partial charge in [-0.25, -0.2) is 4.79 Å². The molecular formula is C10H15BrN2OS. The zero-order chi connectivity index (χ0) is 11.5. The van der Waals surface area contributed by atoms with Crippen LogP contribution in [0.15, 0.2) is 15.9 Å². The maximum Gasteiger partial charge on any atom is 0.314 e. The molecule has 0 saturated carbocycles. The maximum atomic E-state index is 11.1. The minimum absolute atomic E-state index is 0.0385. The molecule has 0 aromatic carbocycles. The molecule has 0 saturated heterocycles. The van der Waals surface area contributed by atoms with Gasteiger partial charge >= 0.3 is 6.03 Å². The SMILES string of the molecule is CNC(=O)NCC(C)(C)c1ccc(Br)s1. The molecule has 0 bridgehead atoms. The molecule has 0 atom stereocenters. The quantitative estimate of drug-likeness (QED) is 0.883. The van der Waals surface area contributed by atoms with Gasteiger partial charge in [-0.1, -0.05) is 13.8 Å². The summed E-state index contributed by atoms with van der Waals surface area (Å²) in [6.07, 6.45) is 0. The second kappa shape index (κ2) is 4.99. The van der Waals surface area contributed by atoms with E-state index in [1.807, 2.05) is 6.07 Å². The Labute approximate surface area is 102 Å². The molecule has 1 aromatic heterocycles. The highest BCUT2D eigenvalue weighted by molar-refractivity contribution is 9.11. The molecule has 0 aliphatic rings. The van der Waals surface area contributed by atoms with Crippen LogP contribution in [0.25, 0.3) is 0 Å². The lowest BCUT2D eigenvalue weighted by Gasteiger charge is -2.23. The molecule has 0 aliphatic carbocycles. The number of halogens is 1. The predicted octanol–water partition coefficient (Wildman–Crippen LogP) is 2.72. The monoisotopic (exact) mass is 290 g/mol. The van der Waals surface area contributed by atoms with E-state index in [2.05, 4.69) is 46.5 Å². The van der Waals surface area contributed by atoms with Crippen molar-refractivity contribution in [3.05, 3.63) is 20.8 Å². The van der Waals surface area contributed by atoms with Crippen LogP contribution >= 0.6 is 27.3 Å². The Balaban J connectivity index is 2.63. The third-order valence-electron chi connectivity index (χ3n) is 2.16. The predicted molar refractivity (Wildman–Crippen MR) is 67.5 cm³/mol. The lowest BCUT2D eigenvalue weighted by Crippen LogP contribution is -2.40. The van der Waals surface area contributed by atoms with E-state index in [0.29, 0.717) is 6.54 Å². The van der Waals surface area contributed by atoms with Gasteiger partial charge in [-0.15, -0.1) is 11.3 Å². The van der Waals surface area contributed by atoms with Crippen LogP contribution in [0.5, 0.6) is 0 Å². The Hall–Kier alpha value is -0.550. The Morgan fingerprint density at radius 3 is 2.67 bits per heavy atom. The van der Waals surface area contributed by atoms with Gasteiger partial charge in [0.05, 0.1) is 3.79 Å². The molecule has 2 amide bonds. The first kappa shape index (κ1) is 12.5. The van der Waals surface area contributed by atoms with E-state index in [1.54, 1.807) is 18.4 Å². The summed E-state index contributed by atoms with van der Waals surface area (Å²) in [7, 11) is 1.62. The zero-order valence-corrected chi connectivity index (χ0v) is 11.5. The molecule has 84 valence electrons. The summed E-state index contributed by atoms with van der Waals surface area (Å²) in [5.74, 6) is 0. The smallest absolute Gasteiger partial charge is 0.314 e. The summed E-state index contributed by atoms with van der Waals surface area (Å²) >= 11 is 5.14. The van der Waals surface area contributed by atoms with Gasteiger partial charge in [0, 0.05) is 23.9 Å². The van der Waals surface area contributed by atoms with Gasteiger partial charge in [0.1, 0.15) is 0 Å². The number of urea groups is 1. The molecule has 0 fully saturated rings. The third-order valence-corrected chi connectivity index (χ3v) is 4.15. The van der Waals surface area contributed by atoms with E-state index >= 15 is 0 Å². The van der Waals surface area contributed by atoms with E-state index in [1.165, 1.54) is 4.88 Å². The highest BCUT2D eigenvalue weighted by Gasteiger charge is 2.22. The van der Waals surface area contributed by atoms with Gasteiger partial charge in [0.2, 0.25) is 0 Å². The second-order valence-corrected chi connectivity index (χ2v) is 6.38. The maximum absolute atomic E-state index is 11.1. The number of hydrogen-bond acceptors (Lipinski definition) is 2. The fraction of sp³-hybridized carbons (Fsp3) is 0.500. The van der Waals surface area contributed by atoms with Crippen LogP contribution in [-0.4, -0.2) is 19.6 Å². The Kier molecular flexibility index (Phi) is 4.16. The molecule has 2 N–H and O–H groups in total. The summed E-state index contributed by atoms with van der Waals surface area (Å²) < 4.78 is 1.12. The van der Waals surface area contributed by atoms with E-state index < -0.39 is 0 Å². The Morgan fingerprint density at radius 2 is 2.20 bits per heavy atom. The first-order chi connectivity index (χ1) is 6.95. The lowest BCUT2D eigenvalue weighted by atomic mass is 9.91. The molecular weight excluding hydrogens is 276 g/mol. The lowest BCUT2D eigenvalue weighted by molar-refractivity contribution is 0.240. The summed E-state index contributed by atoms with van der Waals surface area (Å²) in [5, 5.41) is 5.36. The van der Waals surface area contributed by atoms with E-state index in [9.17, 15) is 4.79 Å². The van der Waals surface area contributed by atoms with E-state index in [4.69, 9.17) is 0 Å². The van der Waals surface area contributed by atoms with Crippen molar-refractivity contribution in [2.45, 2.75) is 19.3 Å². The zero-order valence-electron chi connectivity index (χ0n) is 9.06. The summed E-state index contributed by atoms with van der Waals surface area (Å²) in [6.45, 7) is 4.85. The Bertz CT molecular complexity index is 349. The Morgan fingerprint density at radius 1 is 1.53 bits per heavy atom. The number of amides is 2. The second-order valence-electron chi connectivity index (χ2n) is 3.92. The largest absolute Gasteiger partial charge is 0.341 e. The molecule has 0 radical (unpaired) electrons. The number of thiophene rings is 1. The van der Waals surface area contributed by atoms with Crippen LogP contribution < -0.4 is 10.6 Å². The van der Waals surface area contributed by atoms with Crippen LogP contribution in [-0.2, 0) is 5.41 Å². The molecule has 15 heavy (non-hydrogen) atoms. The molecule has 1 rings (SSSR count). The topological polar surface area (TPSA) is 41.1 Å². The average molecular weight is 291 g/mol. The van der Waals surface area contributed by atoms with Crippen LogP contribution in [0.4, 0.5) is 4.79 Å². The van der Waals surface area contributed by atoms with E-state index in [0.717, 1.165) is 3.79 Å². The van der Waals surface area contributed by atoms with Crippen molar-refractivity contribution in [1.29, 1.82) is 0 Å². The molecule has 0 aliphatic heterocycles. The summed E-state index contributed by atoms with van der Waals surface area (Å²) in [6, 6.07) is 3.97. The number of hydrogen-bond donors (Lipinski definition) is 2. The van der Waals surface area contributed by atoms with Crippen molar-refractivity contribution in [1.82, 2.24) is 10.6 Å². The molecule has 1 heterocycles. The normalized spacial score (nSPS) is 11.2. The first-order valence-electron chi connectivity index (χ1n) is 4.67. The molecule has 1 aromatic rings. The average Bonchev–Trinajstić information content (AvgIpc) is 2.62. The highest BCUT2D eigenvalue weighted by Crippen LogP contribution is 2.32. The van der Waals surface area contributed by atoms with Crippen molar-refractivity contribution in [3.63, 3.8) is 0 Å². The fourth-order valence-corrected chi connectivity index (χ4v) is 2.64. The van der Waals surface area contributed by atoms with Gasteiger partial charge in [-0.3, -0.25) is 0 Å². The van der Waals surface area contributed by atoms with Crippen LogP contribution in [0.1, 0.15) is 18.7 Å². The molecule has 0 unspecified atom stereocenters. The van der Waals surface area contributed by atoms with Crippen LogP contribution in [0.2, 0.25) is 0 Å². The summed E-state index contributed by atoms with van der Waals surface area (Å²) in [5.41, 5.74) is -0.0385. The van der Waals surface area contributed by atoms with Crippen LogP contribution in [0, 0.1) is 0 Å². The molecule has 5 heteroatoms. The number of carbonyl (C=O) groups excluding carboxylic acids is 1. The molecule has 0 spiro atoms. The minimum atomic E-state index is -0.140. The van der Waals surface area contributed by atoms with E-state index in [-0.39, 0.29) is 11.4 Å². The van der Waals surface area contributed by atoms with Gasteiger partial charge in [0.25, 0.3) is 0 Å². The number of carbonyl (C=O) groups is 1. The van der Waals surface area contributed by atoms with Gasteiger partial charge in [-0.2, -0.15) is 0 Å². The fourth-order valence-electron chi connectivity index (χ4n) is 1.15. The van der Waals surface area contributed by atoms with Crippen molar-refractivity contribution in [3.8, 4) is 0 Å². The standard InChI is InChI=1S/C10H15BrN2OS/c1-10(2,6-13-9(14)12-3)7-4-5-8(11)15-7/h4-5H,6H2,1-3H3,(H2,12,13,14). The number of rotatable bonds is 3. The van der Waals surface area contributed by atoms with Gasteiger partial charge in [0.15, 0.2) is 0 Å². The van der Waals surface area contributed by atoms with Crippen molar-refractivity contribution in [2.75, 3.05) is 13.6 Å². The van der Waals surface area contributed by atoms with Crippen LogP contribution in [0.3, 0.4) is 0 Å². The summed E-state index contributed by atoms with van der Waals surface area (Å²) in [4.78, 5) is 12.3. The molecule has 3 nitrogen and oxygen atoms in total. The minimum Gasteiger partial charge on any atom is -0.341 e.